The maximum Gasteiger partial charge on any atom is 0.226 e. The second kappa shape index (κ2) is 6.23. The standard InChI is InChI=1S/C13H23N3O3/c14-12(16-18)13(6-3-1-2-4-7-13)15-11(17)10-5-8-19-9-10/h10,18H,1-9H2,(H2,14,16)(H,15,17). The number of hydrogen-bond acceptors (Lipinski definition) is 4. The number of rotatable bonds is 3. The number of ether oxygens (including phenoxy) is 1. The summed E-state index contributed by atoms with van der Waals surface area (Å²) in [6, 6.07) is 0. The lowest BCUT2D eigenvalue weighted by atomic mass is 9.88. The Morgan fingerprint density at radius 2 is 2.00 bits per heavy atom. The molecule has 0 spiro atoms. The van der Waals surface area contributed by atoms with Crippen molar-refractivity contribution in [3.8, 4) is 0 Å². The summed E-state index contributed by atoms with van der Waals surface area (Å²) in [5.74, 6) is -0.0145. The van der Waals surface area contributed by atoms with Gasteiger partial charge in [-0.05, 0) is 19.3 Å². The molecule has 1 amide bonds. The summed E-state index contributed by atoms with van der Waals surface area (Å²) in [7, 11) is 0. The smallest absolute Gasteiger partial charge is 0.226 e. The van der Waals surface area contributed by atoms with Crippen LogP contribution in [0.15, 0.2) is 5.16 Å². The molecule has 0 radical (unpaired) electrons. The highest BCUT2D eigenvalue weighted by molar-refractivity contribution is 5.94. The van der Waals surface area contributed by atoms with Crippen molar-refractivity contribution in [3.05, 3.63) is 0 Å². The van der Waals surface area contributed by atoms with Gasteiger partial charge in [0.2, 0.25) is 5.91 Å². The first-order valence-corrected chi connectivity index (χ1v) is 7.06. The molecule has 6 heteroatoms. The number of nitrogens with two attached hydrogens (primary N) is 1. The number of nitrogens with one attached hydrogen (secondary N) is 1. The molecule has 6 nitrogen and oxygen atoms in total. The molecule has 1 aliphatic carbocycles. The van der Waals surface area contributed by atoms with Crippen LogP contribution in [0.5, 0.6) is 0 Å². The molecule has 1 aliphatic heterocycles. The van der Waals surface area contributed by atoms with Crippen LogP contribution in [0.25, 0.3) is 0 Å². The van der Waals surface area contributed by atoms with Gasteiger partial charge in [-0.2, -0.15) is 0 Å². The van der Waals surface area contributed by atoms with Gasteiger partial charge in [-0.1, -0.05) is 30.8 Å². The molecule has 1 unspecified atom stereocenters. The van der Waals surface area contributed by atoms with Crippen LogP contribution in [0.1, 0.15) is 44.9 Å². The second-order valence-electron chi connectivity index (χ2n) is 5.53. The zero-order valence-corrected chi connectivity index (χ0v) is 11.2. The van der Waals surface area contributed by atoms with E-state index >= 15 is 0 Å². The van der Waals surface area contributed by atoms with E-state index in [9.17, 15) is 4.79 Å². The monoisotopic (exact) mass is 269 g/mol. The van der Waals surface area contributed by atoms with Gasteiger partial charge < -0.3 is 21.0 Å². The average molecular weight is 269 g/mol. The topological polar surface area (TPSA) is 96.9 Å². The van der Waals surface area contributed by atoms with E-state index in [2.05, 4.69) is 10.5 Å². The average Bonchev–Trinajstić information content (AvgIpc) is 2.86. The Morgan fingerprint density at radius 3 is 2.53 bits per heavy atom. The van der Waals surface area contributed by atoms with Crippen LogP contribution in [0.4, 0.5) is 0 Å². The molecule has 2 fully saturated rings. The SMILES string of the molecule is NC(=NO)C1(NC(=O)C2CCOC2)CCCCCC1. The van der Waals surface area contributed by atoms with E-state index in [1.165, 1.54) is 0 Å². The van der Waals surface area contributed by atoms with Gasteiger partial charge in [0.1, 0.15) is 5.54 Å². The summed E-state index contributed by atoms with van der Waals surface area (Å²) < 4.78 is 5.24. The molecule has 19 heavy (non-hydrogen) atoms. The Labute approximate surface area is 113 Å². The van der Waals surface area contributed by atoms with Crippen LogP contribution >= 0.6 is 0 Å². The highest BCUT2D eigenvalue weighted by atomic mass is 16.5. The summed E-state index contributed by atoms with van der Waals surface area (Å²) in [5.41, 5.74) is 5.18. The largest absolute Gasteiger partial charge is 0.409 e. The van der Waals surface area contributed by atoms with Crippen LogP contribution in [-0.4, -0.2) is 35.7 Å². The van der Waals surface area contributed by atoms with Crippen molar-refractivity contribution in [1.82, 2.24) is 5.32 Å². The fourth-order valence-electron chi connectivity index (χ4n) is 2.95. The van der Waals surface area contributed by atoms with Gasteiger partial charge in [0, 0.05) is 6.61 Å². The fraction of sp³-hybridized carbons (Fsp3) is 0.846. The van der Waals surface area contributed by atoms with Crippen molar-refractivity contribution in [1.29, 1.82) is 0 Å². The normalized spacial score (nSPS) is 27.8. The van der Waals surface area contributed by atoms with E-state index in [0.29, 0.717) is 13.2 Å². The molecule has 4 N–H and O–H groups in total. The third-order valence-electron chi connectivity index (χ3n) is 4.22. The van der Waals surface area contributed by atoms with E-state index in [1.54, 1.807) is 0 Å². The highest BCUT2D eigenvalue weighted by Gasteiger charge is 2.39. The molecule has 0 aromatic rings. The molecular weight excluding hydrogens is 246 g/mol. The first-order chi connectivity index (χ1) is 9.18. The fourth-order valence-corrected chi connectivity index (χ4v) is 2.95. The van der Waals surface area contributed by atoms with E-state index in [-0.39, 0.29) is 17.7 Å². The summed E-state index contributed by atoms with van der Waals surface area (Å²) in [5, 5.41) is 15.2. The number of oxime groups is 1. The number of amidine groups is 1. The number of amides is 1. The van der Waals surface area contributed by atoms with Gasteiger partial charge in [-0.25, -0.2) is 0 Å². The minimum atomic E-state index is -0.676. The quantitative estimate of drug-likeness (QED) is 0.234. The lowest BCUT2D eigenvalue weighted by Crippen LogP contribution is -2.58. The zero-order valence-electron chi connectivity index (χ0n) is 11.2. The second-order valence-corrected chi connectivity index (χ2v) is 5.53. The summed E-state index contributed by atoms with van der Waals surface area (Å²) >= 11 is 0. The molecule has 1 saturated heterocycles. The van der Waals surface area contributed by atoms with Crippen molar-refractivity contribution in [2.24, 2.45) is 16.8 Å². The number of carbonyl (C=O) groups is 1. The molecule has 2 aliphatic rings. The number of hydrogen-bond donors (Lipinski definition) is 3. The third-order valence-corrected chi connectivity index (χ3v) is 4.22. The minimum Gasteiger partial charge on any atom is -0.409 e. The molecule has 2 rings (SSSR count). The zero-order chi connectivity index (χ0) is 13.7. The van der Waals surface area contributed by atoms with E-state index in [0.717, 1.165) is 44.9 Å². The van der Waals surface area contributed by atoms with Crippen molar-refractivity contribution >= 4 is 11.7 Å². The molecule has 1 saturated carbocycles. The van der Waals surface area contributed by atoms with Crippen LogP contribution in [0.3, 0.4) is 0 Å². The first kappa shape index (κ1) is 14.1. The van der Waals surface area contributed by atoms with Gasteiger partial charge in [-0.15, -0.1) is 0 Å². The maximum absolute atomic E-state index is 12.3. The van der Waals surface area contributed by atoms with Gasteiger partial charge in [0.15, 0.2) is 5.84 Å². The van der Waals surface area contributed by atoms with Crippen molar-refractivity contribution in [3.63, 3.8) is 0 Å². The van der Waals surface area contributed by atoms with Crippen molar-refractivity contribution in [2.75, 3.05) is 13.2 Å². The molecule has 108 valence electrons. The first-order valence-electron chi connectivity index (χ1n) is 7.06. The molecule has 0 bridgehead atoms. The Kier molecular flexibility index (Phi) is 4.63. The predicted octanol–water partition coefficient (Wildman–Crippen LogP) is 0.978. The van der Waals surface area contributed by atoms with Crippen molar-refractivity contribution < 1.29 is 14.7 Å². The lowest BCUT2D eigenvalue weighted by Gasteiger charge is -2.33. The van der Waals surface area contributed by atoms with Gasteiger partial charge in [0.05, 0.1) is 12.5 Å². The van der Waals surface area contributed by atoms with Gasteiger partial charge in [-0.3, -0.25) is 4.79 Å². The minimum absolute atomic E-state index is 0.0361. The van der Waals surface area contributed by atoms with Gasteiger partial charge >= 0.3 is 0 Å². The summed E-state index contributed by atoms with van der Waals surface area (Å²) in [6.07, 6.45) is 6.45. The van der Waals surface area contributed by atoms with Gasteiger partial charge in [0.25, 0.3) is 0 Å². The molecule has 1 atom stereocenters. The lowest BCUT2D eigenvalue weighted by molar-refractivity contribution is -0.126. The highest BCUT2D eigenvalue weighted by Crippen LogP contribution is 2.28. The predicted molar refractivity (Wildman–Crippen MR) is 70.9 cm³/mol. The molecule has 0 aromatic carbocycles. The number of nitrogens with zero attached hydrogens (tertiary/aromatic N) is 1. The maximum atomic E-state index is 12.3. The Morgan fingerprint density at radius 1 is 1.32 bits per heavy atom. The van der Waals surface area contributed by atoms with E-state index in [4.69, 9.17) is 15.7 Å². The van der Waals surface area contributed by atoms with Crippen molar-refractivity contribution in [2.45, 2.75) is 50.5 Å². The van der Waals surface area contributed by atoms with Crippen LogP contribution in [-0.2, 0) is 9.53 Å². The van der Waals surface area contributed by atoms with Crippen LogP contribution in [0, 0.1) is 5.92 Å². The van der Waals surface area contributed by atoms with Crippen LogP contribution in [0.2, 0.25) is 0 Å². The summed E-state index contributed by atoms with van der Waals surface area (Å²) in [4.78, 5) is 12.3. The Balaban J connectivity index is 2.10. The molecule has 1 heterocycles. The third kappa shape index (κ3) is 3.18. The molecule has 0 aromatic heterocycles. The van der Waals surface area contributed by atoms with E-state index in [1.807, 2.05) is 0 Å². The molecular formula is C13H23N3O3. The summed E-state index contributed by atoms with van der Waals surface area (Å²) in [6.45, 7) is 1.10. The Hall–Kier alpha value is -1.30. The Bertz CT molecular complexity index is 343. The van der Waals surface area contributed by atoms with Crippen LogP contribution < -0.4 is 11.1 Å². The van der Waals surface area contributed by atoms with E-state index < -0.39 is 5.54 Å². The number of carbonyl (C=O) groups excluding carboxylic acids is 1.